The predicted octanol–water partition coefficient (Wildman–Crippen LogP) is 3.62. The van der Waals surface area contributed by atoms with E-state index < -0.39 is 0 Å². The van der Waals surface area contributed by atoms with Crippen molar-refractivity contribution >= 4 is 11.3 Å². The van der Waals surface area contributed by atoms with Gasteiger partial charge in [-0.05, 0) is 50.6 Å². The summed E-state index contributed by atoms with van der Waals surface area (Å²) in [5.41, 5.74) is 0.960. The van der Waals surface area contributed by atoms with Gasteiger partial charge in [-0.15, -0.1) is 11.3 Å². The molecule has 124 valence electrons. The van der Waals surface area contributed by atoms with E-state index in [1.807, 2.05) is 23.5 Å². The van der Waals surface area contributed by atoms with E-state index in [1.165, 1.54) is 22.6 Å². The molecule has 4 heterocycles. The van der Waals surface area contributed by atoms with Crippen molar-refractivity contribution < 1.29 is 0 Å². The summed E-state index contributed by atoms with van der Waals surface area (Å²) in [5.74, 6) is 2.17. The number of piperidine rings is 1. The summed E-state index contributed by atoms with van der Waals surface area (Å²) in [7, 11) is 0. The molecular formula is C18H21N5S. The molecule has 24 heavy (non-hydrogen) atoms. The zero-order valence-corrected chi connectivity index (χ0v) is 14.6. The first-order valence-corrected chi connectivity index (χ1v) is 9.20. The van der Waals surface area contributed by atoms with Crippen LogP contribution in [0.1, 0.15) is 34.3 Å². The number of H-pyrrole nitrogens is 1. The summed E-state index contributed by atoms with van der Waals surface area (Å²) in [6, 6.07) is 8.36. The minimum Gasteiger partial charge on any atom is -0.298 e. The minimum absolute atomic E-state index is 0.428. The molecule has 6 heteroatoms. The Bertz CT molecular complexity index is 795. The first-order chi connectivity index (χ1) is 11.8. The predicted molar refractivity (Wildman–Crippen MR) is 95.9 cm³/mol. The number of pyridine rings is 1. The highest BCUT2D eigenvalue weighted by Crippen LogP contribution is 2.28. The highest BCUT2D eigenvalue weighted by molar-refractivity contribution is 7.11. The monoisotopic (exact) mass is 339 g/mol. The molecule has 1 saturated heterocycles. The Morgan fingerprint density at radius 1 is 1.33 bits per heavy atom. The first kappa shape index (κ1) is 15.5. The van der Waals surface area contributed by atoms with Crippen LogP contribution in [0.25, 0.3) is 11.4 Å². The number of hydrogen-bond acceptors (Lipinski definition) is 5. The van der Waals surface area contributed by atoms with Crippen LogP contribution in [0.5, 0.6) is 0 Å². The topological polar surface area (TPSA) is 57.7 Å². The van der Waals surface area contributed by atoms with E-state index in [0.717, 1.165) is 36.8 Å². The molecule has 0 amide bonds. The number of nitrogens with one attached hydrogen (secondary N) is 1. The smallest absolute Gasteiger partial charge is 0.182 e. The lowest BCUT2D eigenvalue weighted by Crippen LogP contribution is -2.34. The number of thiophene rings is 1. The number of hydrogen-bond donors (Lipinski definition) is 1. The largest absolute Gasteiger partial charge is 0.298 e. The fraction of sp³-hybridized carbons (Fsp3) is 0.389. The number of aromatic amines is 1. The summed E-state index contributed by atoms with van der Waals surface area (Å²) >= 11 is 1.90. The average Bonchev–Trinajstić information content (AvgIpc) is 3.25. The molecule has 0 aliphatic carbocycles. The molecular weight excluding hydrogens is 318 g/mol. The van der Waals surface area contributed by atoms with Crippen LogP contribution in [0.2, 0.25) is 0 Å². The lowest BCUT2D eigenvalue weighted by Gasteiger charge is -2.31. The van der Waals surface area contributed by atoms with Gasteiger partial charge in [0.05, 0.1) is 0 Å². The third-order valence-corrected chi connectivity index (χ3v) is 5.48. The van der Waals surface area contributed by atoms with E-state index in [-0.39, 0.29) is 0 Å². The van der Waals surface area contributed by atoms with Crippen LogP contribution in [0.15, 0.2) is 36.7 Å². The summed E-state index contributed by atoms with van der Waals surface area (Å²) in [6.07, 6.45) is 5.95. The van der Waals surface area contributed by atoms with Gasteiger partial charge >= 0.3 is 0 Å². The van der Waals surface area contributed by atoms with Crippen molar-refractivity contribution in [3.05, 3.63) is 52.2 Å². The Hall–Kier alpha value is -2.05. The molecule has 1 aliphatic heterocycles. The highest BCUT2D eigenvalue weighted by atomic mass is 32.1. The van der Waals surface area contributed by atoms with Gasteiger partial charge in [0.2, 0.25) is 0 Å². The molecule has 1 atom stereocenters. The molecule has 1 N–H and O–H groups in total. The quantitative estimate of drug-likeness (QED) is 0.789. The third-order valence-electron chi connectivity index (χ3n) is 4.49. The van der Waals surface area contributed by atoms with Crippen LogP contribution in [0.3, 0.4) is 0 Å². The molecule has 0 radical (unpaired) electrons. The van der Waals surface area contributed by atoms with Gasteiger partial charge in [-0.3, -0.25) is 15.0 Å². The molecule has 5 nitrogen and oxygen atoms in total. The zero-order chi connectivity index (χ0) is 16.4. The molecule has 0 spiro atoms. The van der Waals surface area contributed by atoms with Gasteiger partial charge in [-0.25, -0.2) is 4.98 Å². The maximum Gasteiger partial charge on any atom is 0.182 e. The van der Waals surface area contributed by atoms with Crippen molar-refractivity contribution in [1.29, 1.82) is 0 Å². The standard InChI is InChI=1S/C18H21N5S/c1-13-6-7-16(24-13)12-23-9-3-5-15(11-23)18-20-17(21-22-18)14-4-2-8-19-10-14/h2,4,6-8,10,15H,3,5,9,11-12H2,1H3,(H,20,21,22)/t15-/m1/s1. The molecule has 4 rings (SSSR count). The average molecular weight is 339 g/mol. The van der Waals surface area contributed by atoms with Crippen molar-refractivity contribution in [2.45, 2.75) is 32.2 Å². The van der Waals surface area contributed by atoms with Gasteiger partial charge in [0, 0.05) is 46.7 Å². The number of likely N-dealkylation sites (tertiary alicyclic amines) is 1. The normalized spacial score (nSPS) is 18.8. The van der Waals surface area contributed by atoms with Crippen LogP contribution in [0.4, 0.5) is 0 Å². The first-order valence-electron chi connectivity index (χ1n) is 8.38. The van der Waals surface area contributed by atoms with Gasteiger partial charge < -0.3 is 0 Å². The fourth-order valence-electron chi connectivity index (χ4n) is 3.29. The van der Waals surface area contributed by atoms with E-state index in [0.29, 0.717) is 5.92 Å². The van der Waals surface area contributed by atoms with Crippen LogP contribution < -0.4 is 0 Å². The summed E-state index contributed by atoms with van der Waals surface area (Å²) < 4.78 is 0. The summed E-state index contributed by atoms with van der Waals surface area (Å²) in [4.78, 5) is 14.2. The van der Waals surface area contributed by atoms with E-state index in [4.69, 9.17) is 4.98 Å². The second-order valence-electron chi connectivity index (χ2n) is 6.37. The number of aromatic nitrogens is 4. The molecule has 0 saturated carbocycles. The molecule has 0 bridgehead atoms. The van der Waals surface area contributed by atoms with E-state index >= 15 is 0 Å². The Morgan fingerprint density at radius 3 is 3.08 bits per heavy atom. The third kappa shape index (κ3) is 3.39. The second-order valence-corrected chi connectivity index (χ2v) is 7.75. The Labute approximate surface area is 145 Å². The SMILES string of the molecule is Cc1ccc(CN2CCC[C@@H](c3nc(-c4cccnc4)n[nH]3)C2)s1. The summed E-state index contributed by atoms with van der Waals surface area (Å²) in [5, 5.41) is 7.53. The number of nitrogens with zero attached hydrogens (tertiary/aromatic N) is 4. The molecule has 0 aromatic carbocycles. The van der Waals surface area contributed by atoms with Gasteiger partial charge in [0.1, 0.15) is 5.82 Å². The Morgan fingerprint density at radius 2 is 2.29 bits per heavy atom. The van der Waals surface area contributed by atoms with Crippen molar-refractivity contribution in [1.82, 2.24) is 25.1 Å². The lowest BCUT2D eigenvalue weighted by atomic mass is 9.97. The van der Waals surface area contributed by atoms with Crippen LogP contribution in [-0.2, 0) is 6.54 Å². The van der Waals surface area contributed by atoms with Crippen LogP contribution in [0, 0.1) is 6.92 Å². The Kier molecular flexibility index (Phi) is 4.40. The maximum absolute atomic E-state index is 4.72. The number of rotatable bonds is 4. The van der Waals surface area contributed by atoms with E-state index in [1.54, 1.807) is 12.4 Å². The number of aryl methyl sites for hydroxylation is 1. The van der Waals surface area contributed by atoms with Gasteiger partial charge in [0.15, 0.2) is 5.82 Å². The fourth-order valence-corrected chi connectivity index (χ4v) is 4.23. The van der Waals surface area contributed by atoms with Crippen molar-refractivity contribution in [2.75, 3.05) is 13.1 Å². The minimum atomic E-state index is 0.428. The molecule has 1 fully saturated rings. The molecule has 0 unspecified atom stereocenters. The van der Waals surface area contributed by atoms with Gasteiger partial charge in [0.25, 0.3) is 0 Å². The van der Waals surface area contributed by atoms with E-state index in [9.17, 15) is 0 Å². The van der Waals surface area contributed by atoms with Crippen LogP contribution in [-0.4, -0.2) is 38.2 Å². The highest BCUT2D eigenvalue weighted by Gasteiger charge is 2.24. The van der Waals surface area contributed by atoms with Gasteiger partial charge in [-0.2, -0.15) is 5.10 Å². The van der Waals surface area contributed by atoms with Crippen molar-refractivity contribution in [2.24, 2.45) is 0 Å². The van der Waals surface area contributed by atoms with Crippen molar-refractivity contribution in [3.8, 4) is 11.4 Å². The summed E-state index contributed by atoms with van der Waals surface area (Å²) in [6.45, 7) is 5.41. The second kappa shape index (κ2) is 6.83. The van der Waals surface area contributed by atoms with Gasteiger partial charge in [-0.1, -0.05) is 0 Å². The lowest BCUT2D eigenvalue weighted by molar-refractivity contribution is 0.198. The van der Waals surface area contributed by atoms with Crippen molar-refractivity contribution in [3.63, 3.8) is 0 Å². The molecule has 3 aromatic heterocycles. The Balaban J connectivity index is 1.45. The zero-order valence-electron chi connectivity index (χ0n) is 13.8. The van der Waals surface area contributed by atoms with Crippen LogP contribution >= 0.6 is 11.3 Å². The van der Waals surface area contributed by atoms with E-state index in [2.05, 4.69) is 39.1 Å². The maximum atomic E-state index is 4.72. The molecule has 3 aromatic rings. The molecule has 1 aliphatic rings.